The van der Waals surface area contributed by atoms with Gasteiger partial charge in [-0.15, -0.1) is 0 Å². The molecule has 1 fully saturated rings. The maximum atomic E-state index is 5.50. The van der Waals surface area contributed by atoms with Crippen LogP contribution in [0.1, 0.15) is 26.3 Å². The van der Waals surface area contributed by atoms with Crippen LogP contribution in [0, 0.1) is 0 Å². The lowest BCUT2D eigenvalue weighted by molar-refractivity contribution is 0.0591. The first-order valence-corrected chi connectivity index (χ1v) is 6.88. The summed E-state index contributed by atoms with van der Waals surface area (Å²) in [6.07, 6.45) is 1.76. The first kappa shape index (κ1) is 14.2. The molecule has 0 aliphatic carbocycles. The topological polar surface area (TPSA) is 57.4 Å². The van der Waals surface area contributed by atoms with E-state index in [1.807, 2.05) is 6.07 Å². The van der Waals surface area contributed by atoms with Crippen LogP contribution in [0.3, 0.4) is 0 Å². The van der Waals surface area contributed by atoms with E-state index in [1.54, 1.807) is 6.20 Å². The minimum atomic E-state index is 0.268. The Kier molecular flexibility index (Phi) is 4.39. The third kappa shape index (κ3) is 3.65. The second-order valence-corrected chi connectivity index (χ2v) is 6.09. The lowest BCUT2D eigenvalue weighted by atomic mass is 10.0. The molecule has 106 valence electrons. The molecule has 1 aliphatic rings. The Bertz CT molecular complexity index is 405. The van der Waals surface area contributed by atoms with Crippen molar-refractivity contribution in [2.24, 2.45) is 5.84 Å². The number of nitrogens with two attached hydrogens (primary N) is 1. The lowest BCUT2D eigenvalue weighted by Gasteiger charge is -2.42. The summed E-state index contributed by atoms with van der Waals surface area (Å²) in [4.78, 5) is 9.24. The molecule has 1 aromatic rings. The summed E-state index contributed by atoms with van der Waals surface area (Å²) in [6, 6.07) is 4.04. The van der Waals surface area contributed by atoms with Gasteiger partial charge in [-0.3, -0.25) is 9.80 Å². The molecule has 0 amide bonds. The summed E-state index contributed by atoms with van der Waals surface area (Å²) in [5.74, 6) is 6.27. The Morgan fingerprint density at radius 1 is 1.26 bits per heavy atom. The van der Waals surface area contributed by atoms with Crippen LogP contribution in [0.2, 0.25) is 0 Å². The predicted octanol–water partition coefficient (Wildman–Crippen LogP) is 1.28. The van der Waals surface area contributed by atoms with Crippen LogP contribution in [0.15, 0.2) is 18.3 Å². The van der Waals surface area contributed by atoms with E-state index in [2.05, 4.69) is 47.0 Å². The fourth-order valence-corrected chi connectivity index (χ4v) is 2.51. The SMILES string of the molecule is CC(C)(C)N1CCN(Cc2cccnc2NN)CC1. The number of hydrogen-bond acceptors (Lipinski definition) is 5. The lowest BCUT2D eigenvalue weighted by Crippen LogP contribution is -2.53. The molecule has 1 saturated heterocycles. The number of nitrogens with one attached hydrogen (secondary N) is 1. The zero-order valence-corrected chi connectivity index (χ0v) is 12.2. The highest BCUT2D eigenvalue weighted by Gasteiger charge is 2.25. The predicted molar refractivity (Wildman–Crippen MR) is 78.7 cm³/mol. The van der Waals surface area contributed by atoms with Crippen molar-refractivity contribution in [3.63, 3.8) is 0 Å². The van der Waals surface area contributed by atoms with Gasteiger partial charge in [-0.1, -0.05) is 6.07 Å². The van der Waals surface area contributed by atoms with Crippen LogP contribution in [-0.2, 0) is 6.54 Å². The molecular formula is C14H25N5. The van der Waals surface area contributed by atoms with Crippen LogP contribution in [0.5, 0.6) is 0 Å². The Labute approximate surface area is 115 Å². The number of nitrogens with zero attached hydrogens (tertiary/aromatic N) is 3. The van der Waals surface area contributed by atoms with Gasteiger partial charge >= 0.3 is 0 Å². The summed E-state index contributed by atoms with van der Waals surface area (Å²) in [6.45, 7) is 12.2. The van der Waals surface area contributed by atoms with E-state index in [-0.39, 0.29) is 5.54 Å². The number of anilines is 1. The monoisotopic (exact) mass is 263 g/mol. The Morgan fingerprint density at radius 2 is 1.95 bits per heavy atom. The zero-order valence-electron chi connectivity index (χ0n) is 12.2. The Balaban J connectivity index is 1.92. The molecule has 1 aromatic heterocycles. The third-order valence-corrected chi connectivity index (χ3v) is 3.74. The van der Waals surface area contributed by atoms with E-state index in [9.17, 15) is 0 Å². The molecule has 2 heterocycles. The van der Waals surface area contributed by atoms with Crippen molar-refractivity contribution in [3.05, 3.63) is 23.9 Å². The number of hydrogen-bond donors (Lipinski definition) is 2. The number of pyridine rings is 1. The summed E-state index contributed by atoms with van der Waals surface area (Å²) in [5, 5.41) is 0. The number of nitrogen functional groups attached to an aromatic ring is 1. The molecule has 0 aromatic carbocycles. The summed E-state index contributed by atoms with van der Waals surface area (Å²) >= 11 is 0. The summed E-state index contributed by atoms with van der Waals surface area (Å²) < 4.78 is 0. The molecule has 0 unspecified atom stereocenters. The van der Waals surface area contributed by atoms with Gasteiger partial charge in [0.15, 0.2) is 0 Å². The van der Waals surface area contributed by atoms with E-state index >= 15 is 0 Å². The van der Waals surface area contributed by atoms with Crippen LogP contribution in [-0.4, -0.2) is 46.5 Å². The molecule has 0 bridgehead atoms. The number of hydrazine groups is 1. The van der Waals surface area contributed by atoms with Gasteiger partial charge in [0.05, 0.1) is 0 Å². The molecule has 5 nitrogen and oxygen atoms in total. The van der Waals surface area contributed by atoms with Crippen LogP contribution in [0.25, 0.3) is 0 Å². The van der Waals surface area contributed by atoms with Crippen molar-refractivity contribution in [2.75, 3.05) is 31.6 Å². The Morgan fingerprint density at radius 3 is 2.53 bits per heavy atom. The molecule has 1 aliphatic heterocycles. The molecule has 5 heteroatoms. The van der Waals surface area contributed by atoms with Crippen molar-refractivity contribution in [3.8, 4) is 0 Å². The number of piperazine rings is 1. The minimum absolute atomic E-state index is 0.268. The van der Waals surface area contributed by atoms with E-state index in [1.165, 1.54) is 0 Å². The first-order valence-electron chi connectivity index (χ1n) is 6.88. The highest BCUT2D eigenvalue weighted by atomic mass is 15.3. The second kappa shape index (κ2) is 5.86. The van der Waals surface area contributed by atoms with Crippen LogP contribution >= 0.6 is 0 Å². The van der Waals surface area contributed by atoms with E-state index in [0.29, 0.717) is 0 Å². The summed E-state index contributed by atoms with van der Waals surface area (Å²) in [5.41, 5.74) is 4.10. The molecule has 0 spiro atoms. The van der Waals surface area contributed by atoms with Crippen molar-refractivity contribution < 1.29 is 0 Å². The Hall–Kier alpha value is -1.17. The van der Waals surface area contributed by atoms with E-state index in [4.69, 9.17) is 5.84 Å². The van der Waals surface area contributed by atoms with Gasteiger partial charge in [-0.25, -0.2) is 10.8 Å². The highest BCUT2D eigenvalue weighted by molar-refractivity contribution is 5.42. The smallest absolute Gasteiger partial charge is 0.144 e. The van der Waals surface area contributed by atoms with Crippen molar-refractivity contribution in [2.45, 2.75) is 32.9 Å². The number of rotatable bonds is 3. The van der Waals surface area contributed by atoms with Gasteiger partial charge in [0, 0.05) is 50.0 Å². The first-order chi connectivity index (χ1) is 9.00. The minimum Gasteiger partial charge on any atom is -0.308 e. The van der Waals surface area contributed by atoms with Gasteiger partial charge in [0.1, 0.15) is 5.82 Å². The van der Waals surface area contributed by atoms with Gasteiger partial charge < -0.3 is 5.43 Å². The molecule has 0 atom stereocenters. The van der Waals surface area contributed by atoms with Gasteiger partial charge in [0.25, 0.3) is 0 Å². The van der Waals surface area contributed by atoms with Crippen molar-refractivity contribution in [1.82, 2.24) is 14.8 Å². The fourth-order valence-electron chi connectivity index (χ4n) is 2.51. The third-order valence-electron chi connectivity index (χ3n) is 3.74. The van der Waals surface area contributed by atoms with Crippen molar-refractivity contribution in [1.29, 1.82) is 0 Å². The van der Waals surface area contributed by atoms with Crippen LogP contribution < -0.4 is 11.3 Å². The number of aromatic nitrogens is 1. The molecule has 2 rings (SSSR count). The average Bonchev–Trinajstić information content (AvgIpc) is 2.39. The van der Waals surface area contributed by atoms with E-state index in [0.717, 1.165) is 44.1 Å². The van der Waals surface area contributed by atoms with Crippen molar-refractivity contribution >= 4 is 5.82 Å². The normalized spacial score (nSPS) is 18.5. The molecule has 0 saturated carbocycles. The molecule has 0 radical (unpaired) electrons. The maximum Gasteiger partial charge on any atom is 0.144 e. The maximum absolute atomic E-state index is 5.50. The summed E-state index contributed by atoms with van der Waals surface area (Å²) in [7, 11) is 0. The molecule has 19 heavy (non-hydrogen) atoms. The highest BCUT2D eigenvalue weighted by Crippen LogP contribution is 2.18. The fraction of sp³-hybridized carbons (Fsp3) is 0.643. The molecular weight excluding hydrogens is 238 g/mol. The average molecular weight is 263 g/mol. The van der Waals surface area contributed by atoms with Gasteiger partial charge in [0.2, 0.25) is 0 Å². The quantitative estimate of drug-likeness (QED) is 0.635. The van der Waals surface area contributed by atoms with E-state index < -0.39 is 0 Å². The largest absolute Gasteiger partial charge is 0.308 e. The standard InChI is InChI=1S/C14H25N5/c1-14(2,3)19-9-7-18(8-10-19)11-12-5-4-6-16-13(12)17-15/h4-6H,7-11,15H2,1-3H3,(H,16,17). The van der Waals surface area contributed by atoms with Gasteiger partial charge in [-0.2, -0.15) is 0 Å². The second-order valence-electron chi connectivity index (χ2n) is 6.09. The molecule has 3 N–H and O–H groups in total. The zero-order chi connectivity index (χ0) is 13.9. The van der Waals surface area contributed by atoms with Gasteiger partial charge in [-0.05, 0) is 26.8 Å². The van der Waals surface area contributed by atoms with Crippen LogP contribution in [0.4, 0.5) is 5.82 Å².